The number of hydrogen-bond donors (Lipinski definition) is 2. The Morgan fingerprint density at radius 2 is 2.10 bits per heavy atom. The molecule has 1 aromatic rings. The monoisotopic (exact) mass is 297 g/mol. The summed E-state index contributed by atoms with van der Waals surface area (Å²) >= 11 is 0. The number of aromatic carboxylic acids is 1. The van der Waals surface area contributed by atoms with E-state index in [-0.39, 0.29) is 24.7 Å². The van der Waals surface area contributed by atoms with Gasteiger partial charge in [-0.3, -0.25) is 0 Å². The van der Waals surface area contributed by atoms with Crippen molar-refractivity contribution in [3.8, 4) is 0 Å². The highest BCUT2D eigenvalue weighted by Crippen LogP contribution is 2.22. The van der Waals surface area contributed by atoms with Gasteiger partial charge in [-0.25, -0.2) is 23.5 Å². The number of hydrogen-bond acceptors (Lipinski definition) is 5. The van der Waals surface area contributed by atoms with E-state index in [1.165, 1.54) is 0 Å². The van der Waals surface area contributed by atoms with E-state index in [1.54, 1.807) is 0 Å². The van der Waals surface area contributed by atoms with E-state index in [2.05, 4.69) is 20.0 Å². The molecule has 0 atom stereocenters. The zero-order valence-corrected chi connectivity index (χ0v) is 10.0. The van der Waals surface area contributed by atoms with Gasteiger partial charge >= 0.3 is 18.3 Å². The Balaban J connectivity index is 2.26. The van der Waals surface area contributed by atoms with Crippen LogP contribution in [0, 0.1) is 0 Å². The SMILES string of the molecule is O=C(O)c1cnc(NCCOCC(F)(F)C(F)F)cn1. The van der Waals surface area contributed by atoms with Gasteiger partial charge in [-0.05, 0) is 0 Å². The Labute approximate surface area is 110 Å². The summed E-state index contributed by atoms with van der Waals surface area (Å²) < 4.78 is 52.9. The lowest BCUT2D eigenvalue weighted by molar-refractivity contribution is -0.164. The summed E-state index contributed by atoms with van der Waals surface area (Å²) in [5, 5.41) is 11.2. The van der Waals surface area contributed by atoms with Crippen molar-refractivity contribution in [2.75, 3.05) is 25.1 Å². The highest BCUT2D eigenvalue weighted by molar-refractivity contribution is 5.84. The number of carboxylic acids is 1. The molecule has 0 aromatic carbocycles. The summed E-state index contributed by atoms with van der Waals surface area (Å²) in [7, 11) is 0. The fourth-order valence-corrected chi connectivity index (χ4v) is 1.05. The van der Waals surface area contributed by atoms with Crippen LogP contribution in [0.5, 0.6) is 0 Å². The largest absolute Gasteiger partial charge is 0.476 e. The molecule has 0 saturated heterocycles. The van der Waals surface area contributed by atoms with Crippen molar-refractivity contribution in [1.29, 1.82) is 0 Å². The van der Waals surface area contributed by atoms with E-state index in [0.717, 1.165) is 12.4 Å². The fraction of sp³-hybridized carbons (Fsp3) is 0.500. The first-order valence-electron chi connectivity index (χ1n) is 5.36. The minimum atomic E-state index is -4.18. The molecule has 0 bridgehead atoms. The molecule has 1 rings (SSSR count). The Morgan fingerprint density at radius 1 is 1.40 bits per heavy atom. The van der Waals surface area contributed by atoms with Gasteiger partial charge in [-0.2, -0.15) is 8.78 Å². The number of alkyl halides is 4. The topological polar surface area (TPSA) is 84.3 Å². The van der Waals surface area contributed by atoms with Crippen molar-refractivity contribution >= 4 is 11.8 Å². The molecule has 6 nitrogen and oxygen atoms in total. The van der Waals surface area contributed by atoms with Crippen LogP contribution in [0.15, 0.2) is 12.4 Å². The molecule has 0 aliphatic carbocycles. The highest BCUT2D eigenvalue weighted by atomic mass is 19.3. The van der Waals surface area contributed by atoms with Crippen molar-refractivity contribution in [2.24, 2.45) is 0 Å². The van der Waals surface area contributed by atoms with Gasteiger partial charge in [0, 0.05) is 6.54 Å². The molecule has 0 radical (unpaired) electrons. The summed E-state index contributed by atoms with van der Waals surface area (Å²) in [5.41, 5.74) is -0.247. The second-order valence-corrected chi connectivity index (χ2v) is 3.63. The zero-order valence-electron chi connectivity index (χ0n) is 10.0. The average Bonchev–Trinajstić information content (AvgIpc) is 2.38. The third-order valence-electron chi connectivity index (χ3n) is 2.04. The van der Waals surface area contributed by atoms with Crippen LogP contribution in [-0.2, 0) is 4.74 Å². The Hall–Kier alpha value is -1.97. The Morgan fingerprint density at radius 3 is 2.60 bits per heavy atom. The number of aromatic nitrogens is 2. The van der Waals surface area contributed by atoms with Gasteiger partial charge in [0.25, 0.3) is 0 Å². The quantitative estimate of drug-likeness (QED) is 0.559. The first-order valence-corrected chi connectivity index (χ1v) is 5.36. The van der Waals surface area contributed by atoms with Crippen LogP contribution in [0.4, 0.5) is 23.4 Å². The summed E-state index contributed by atoms with van der Waals surface area (Å²) in [6.45, 7) is -1.60. The van der Waals surface area contributed by atoms with E-state index in [9.17, 15) is 22.4 Å². The van der Waals surface area contributed by atoms with Crippen molar-refractivity contribution < 1.29 is 32.2 Å². The fourth-order valence-electron chi connectivity index (χ4n) is 1.05. The third kappa shape index (κ3) is 4.96. The molecule has 0 aliphatic heterocycles. The molecule has 0 saturated carbocycles. The number of carboxylic acid groups (broad SMARTS) is 1. The molecule has 20 heavy (non-hydrogen) atoms. The number of rotatable bonds is 8. The first-order chi connectivity index (χ1) is 9.33. The van der Waals surface area contributed by atoms with Gasteiger partial charge in [0.2, 0.25) is 0 Å². The number of halogens is 4. The molecule has 1 aromatic heterocycles. The number of nitrogens with zero attached hydrogens (tertiary/aromatic N) is 2. The summed E-state index contributed by atoms with van der Waals surface area (Å²) in [6, 6.07) is 0. The number of carbonyl (C=O) groups is 1. The lowest BCUT2D eigenvalue weighted by Gasteiger charge is -2.15. The first kappa shape index (κ1) is 16.1. The van der Waals surface area contributed by atoms with E-state index in [1.807, 2.05) is 0 Å². The molecular weight excluding hydrogens is 286 g/mol. The molecule has 0 fully saturated rings. The lowest BCUT2D eigenvalue weighted by atomic mass is 10.4. The van der Waals surface area contributed by atoms with Gasteiger partial charge < -0.3 is 15.2 Å². The highest BCUT2D eigenvalue weighted by Gasteiger charge is 2.40. The molecule has 0 aliphatic rings. The van der Waals surface area contributed by atoms with Crippen molar-refractivity contribution in [2.45, 2.75) is 12.3 Å². The minimum absolute atomic E-state index is 0.0282. The molecular formula is C10H11F4N3O3. The molecule has 112 valence electrons. The zero-order chi connectivity index (χ0) is 15.2. The van der Waals surface area contributed by atoms with Crippen LogP contribution >= 0.6 is 0 Å². The van der Waals surface area contributed by atoms with Gasteiger partial charge in [0.1, 0.15) is 12.4 Å². The van der Waals surface area contributed by atoms with E-state index in [4.69, 9.17) is 5.11 Å². The van der Waals surface area contributed by atoms with Crippen LogP contribution in [-0.4, -0.2) is 53.2 Å². The van der Waals surface area contributed by atoms with E-state index < -0.39 is 24.9 Å². The normalized spacial score (nSPS) is 11.7. The van der Waals surface area contributed by atoms with Crippen molar-refractivity contribution in [1.82, 2.24) is 9.97 Å². The maximum Gasteiger partial charge on any atom is 0.356 e. The Kier molecular flexibility index (Phi) is 5.62. The minimum Gasteiger partial charge on any atom is -0.476 e. The summed E-state index contributed by atoms with van der Waals surface area (Å²) in [4.78, 5) is 17.7. The maximum absolute atomic E-state index is 12.4. The smallest absolute Gasteiger partial charge is 0.356 e. The van der Waals surface area contributed by atoms with Gasteiger partial charge in [-0.15, -0.1) is 0 Å². The second-order valence-electron chi connectivity index (χ2n) is 3.63. The van der Waals surface area contributed by atoms with Crippen LogP contribution in [0.1, 0.15) is 10.5 Å². The second kappa shape index (κ2) is 6.98. The molecule has 2 N–H and O–H groups in total. The summed E-state index contributed by atoms with van der Waals surface area (Å²) in [5.74, 6) is -5.20. The predicted molar refractivity (Wildman–Crippen MR) is 59.3 cm³/mol. The lowest BCUT2D eigenvalue weighted by Crippen LogP contribution is -2.33. The standard InChI is InChI=1S/C10H11F4N3O3/c11-9(12)10(13,14)5-20-2-1-15-7-4-16-6(3-17-7)8(18)19/h3-4,9H,1-2,5H2,(H,15,17)(H,18,19). The van der Waals surface area contributed by atoms with Crippen molar-refractivity contribution in [3.05, 3.63) is 18.1 Å². The molecule has 0 unspecified atom stereocenters. The number of nitrogens with one attached hydrogen (secondary N) is 1. The van der Waals surface area contributed by atoms with Gasteiger partial charge in [-0.1, -0.05) is 0 Å². The van der Waals surface area contributed by atoms with Crippen LogP contribution < -0.4 is 5.32 Å². The van der Waals surface area contributed by atoms with Gasteiger partial charge in [0.05, 0.1) is 19.0 Å². The van der Waals surface area contributed by atoms with E-state index in [0.29, 0.717) is 0 Å². The Bertz CT molecular complexity index is 442. The van der Waals surface area contributed by atoms with E-state index >= 15 is 0 Å². The summed E-state index contributed by atoms with van der Waals surface area (Å²) in [6.07, 6.45) is -1.63. The van der Waals surface area contributed by atoms with Crippen LogP contribution in [0.3, 0.4) is 0 Å². The predicted octanol–water partition coefficient (Wildman–Crippen LogP) is 1.50. The van der Waals surface area contributed by atoms with Crippen molar-refractivity contribution in [3.63, 3.8) is 0 Å². The number of anilines is 1. The van der Waals surface area contributed by atoms with Gasteiger partial charge in [0.15, 0.2) is 5.69 Å². The average molecular weight is 297 g/mol. The maximum atomic E-state index is 12.4. The molecule has 0 spiro atoms. The van der Waals surface area contributed by atoms with Crippen LogP contribution in [0.2, 0.25) is 0 Å². The molecule has 0 amide bonds. The molecule has 10 heteroatoms. The number of ether oxygens (including phenoxy) is 1. The van der Waals surface area contributed by atoms with Crippen LogP contribution in [0.25, 0.3) is 0 Å². The molecule has 1 heterocycles. The third-order valence-corrected chi connectivity index (χ3v) is 2.04.